The zero-order chi connectivity index (χ0) is 14.0. The molecule has 1 aromatic carbocycles. The minimum Gasteiger partial charge on any atom is -0.337 e. The van der Waals surface area contributed by atoms with E-state index in [1.165, 1.54) is 12.1 Å². The molecule has 0 spiro atoms. The van der Waals surface area contributed by atoms with Gasteiger partial charge in [0.1, 0.15) is 17.5 Å². The van der Waals surface area contributed by atoms with Crippen molar-refractivity contribution in [3.8, 4) is 0 Å². The summed E-state index contributed by atoms with van der Waals surface area (Å²) < 4.78 is 29.4. The maximum Gasteiger partial charge on any atom is 0.133 e. The van der Waals surface area contributed by atoms with Gasteiger partial charge in [0.15, 0.2) is 0 Å². The molecular formula is C14H17F2N3. The van der Waals surface area contributed by atoms with Crippen molar-refractivity contribution in [2.45, 2.75) is 20.0 Å². The van der Waals surface area contributed by atoms with E-state index in [0.29, 0.717) is 12.1 Å². The van der Waals surface area contributed by atoms with Crippen LogP contribution in [0.15, 0.2) is 24.5 Å². The zero-order valence-corrected chi connectivity index (χ0v) is 11.3. The first-order valence-corrected chi connectivity index (χ1v) is 6.07. The van der Waals surface area contributed by atoms with Crippen LogP contribution in [0.5, 0.6) is 0 Å². The van der Waals surface area contributed by atoms with Crippen molar-refractivity contribution < 1.29 is 8.78 Å². The van der Waals surface area contributed by atoms with Gasteiger partial charge in [-0.05, 0) is 25.6 Å². The lowest BCUT2D eigenvalue weighted by molar-refractivity contribution is 0.296. The standard InChI is InChI=1S/C14H17F2N3/c1-10-4-5-12(15)11(14(10)16)8-18(2)9-13-17-6-7-19(13)3/h4-7H,8-9H2,1-3H3. The van der Waals surface area contributed by atoms with E-state index in [1.807, 2.05) is 29.8 Å². The summed E-state index contributed by atoms with van der Waals surface area (Å²) in [7, 11) is 3.71. The summed E-state index contributed by atoms with van der Waals surface area (Å²) in [6, 6.07) is 2.76. The maximum atomic E-state index is 13.9. The summed E-state index contributed by atoms with van der Waals surface area (Å²) in [6.07, 6.45) is 3.55. The Bertz CT molecular complexity index is 578. The fourth-order valence-electron chi connectivity index (χ4n) is 1.98. The van der Waals surface area contributed by atoms with Crippen molar-refractivity contribution in [2.24, 2.45) is 7.05 Å². The van der Waals surface area contributed by atoms with Crippen LogP contribution in [0.3, 0.4) is 0 Å². The molecule has 0 unspecified atom stereocenters. The fraction of sp³-hybridized carbons (Fsp3) is 0.357. The van der Waals surface area contributed by atoms with Crippen LogP contribution in [0.4, 0.5) is 8.78 Å². The smallest absolute Gasteiger partial charge is 0.133 e. The molecule has 0 amide bonds. The van der Waals surface area contributed by atoms with E-state index in [2.05, 4.69) is 4.98 Å². The SMILES string of the molecule is Cc1ccc(F)c(CN(C)Cc2nccn2C)c1F. The van der Waals surface area contributed by atoms with Crippen LogP contribution in [-0.4, -0.2) is 21.5 Å². The monoisotopic (exact) mass is 265 g/mol. The molecule has 0 radical (unpaired) electrons. The molecule has 0 fully saturated rings. The lowest BCUT2D eigenvalue weighted by Crippen LogP contribution is -2.21. The van der Waals surface area contributed by atoms with Crippen LogP contribution in [-0.2, 0) is 20.1 Å². The highest BCUT2D eigenvalue weighted by Crippen LogP contribution is 2.18. The highest BCUT2D eigenvalue weighted by Gasteiger charge is 2.14. The molecule has 0 saturated heterocycles. The van der Waals surface area contributed by atoms with Crippen LogP contribution >= 0.6 is 0 Å². The van der Waals surface area contributed by atoms with Crippen molar-refractivity contribution in [1.29, 1.82) is 0 Å². The minimum absolute atomic E-state index is 0.108. The molecule has 1 heterocycles. The van der Waals surface area contributed by atoms with E-state index in [-0.39, 0.29) is 12.1 Å². The third-order valence-corrected chi connectivity index (χ3v) is 3.14. The molecule has 1 aromatic heterocycles. The second-order valence-electron chi connectivity index (χ2n) is 4.78. The molecule has 0 bridgehead atoms. The number of aryl methyl sites for hydroxylation is 2. The Labute approximate surface area is 111 Å². The van der Waals surface area contributed by atoms with Crippen LogP contribution in [0.2, 0.25) is 0 Å². The first-order valence-electron chi connectivity index (χ1n) is 6.07. The first kappa shape index (κ1) is 13.7. The van der Waals surface area contributed by atoms with Crippen LogP contribution < -0.4 is 0 Å². The Morgan fingerprint density at radius 2 is 2.00 bits per heavy atom. The molecule has 5 heteroatoms. The van der Waals surface area contributed by atoms with Gasteiger partial charge in [0.2, 0.25) is 0 Å². The van der Waals surface area contributed by atoms with Crippen molar-refractivity contribution in [3.05, 3.63) is 53.1 Å². The molecule has 0 aliphatic carbocycles. The lowest BCUT2D eigenvalue weighted by atomic mass is 10.1. The average molecular weight is 265 g/mol. The summed E-state index contributed by atoms with van der Waals surface area (Å²) in [5, 5.41) is 0. The summed E-state index contributed by atoms with van der Waals surface area (Å²) >= 11 is 0. The Hall–Kier alpha value is -1.75. The van der Waals surface area contributed by atoms with Gasteiger partial charge in [-0.25, -0.2) is 13.8 Å². The zero-order valence-electron chi connectivity index (χ0n) is 11.3. The predicted molar refractivity (Wildman–Crippen MR) is 69.5 cm³/mol. The van der Waals surface area contributed by atoms with Gasteiger partial charge in [-0.2, -0.15) is 0 Å². The largest absolute Gasteiger partial charge is 0.337 e. The topological polar surface area (TPSA) is 21.1 Å². The van der Waals surface area contributed by atoms with Gasteiger partial charge >= 0.3 is 0 Å². The predicted octanol–water partition coefficient (Wildman–Crippen LogP) is 2.64. The number of hydrogen-bond acceptors (Lipinski definition) is 2. The molecule has 0 atom stereocenters. The maximum absolute atomic E-state index is 13.9. The summed E-state index contributed by atoms with van der Waals surface area (Å²) in [4.78, 5) is 6.03. The van der Waals surface area contributed by atoms with Crippen molar-refractivity contribution in [1.82, 2.24) is 14.5 Å². The molecule has 3 nitrogen and oxygen atoms in total. The van der Waals surface area contributed by atoms with Crippen molar-refractivity contribution in [3.63, 3.8) is 0 Å². The average Bonchev–Trinajstić information content (AvgIpc) is 2.76. The number of imidazole rings is 1. The van der Waals surface area contributed by atoms with Gasteiger partial charge in [-0.15, -0.1) is 0 Å². The van der Waals surface area contributed by atoms with E-state index >= 15 is 0 Å². The first-order chi connectivity index (χ1) is 8.99. The molecule has 102 valence electrons. The third-order valence-electron chi connectivity index (χ3n) is 3.14. The molecule has 2 aromatic rings. The van der Waals surface area contributed by atoms with Gasteiger partial charge in [0.05, 0.1) is 6.54 Å². The lowest BCUT2D eigenvalue weighted by Gasteiger charge is -2.17. The number of nitrogens with zero attached hydrogens (tertiary/aromatic N) is 3. The second-order valence-corrected chi connectivity index (χ2v) is 4.78. The van der Waals surface area contributed by atoms with E-state index in [1.54, 1.807) is 13.1 Å². The molecule has 0 aliphatic rings. The summed E-state index contributed by atoms with van der Waals surface area (Å²) in [5.41, 5.74) is 0.568. The van der Waals surface area contributed by atoms with E-state index in [4.69, 9.17) is 0 Å². The molecule has 0 saturated carbocycles. The fourth-order valence-corrected chi connectivity index (χ4v) is 1.98. The van der Waals surface area contributed by atoms with E-state index < -0.39 is 11.6 Å². The molecule has 2 rings (SSSR count). The van der Waals surface area contributed by atoms with E-state index in [9.17, 15) is 8.78 Å². The highest BCUT2D eigenvalue weighted by atomic mass is 19.1. The van der Waals surface area contributed by atoms with Gasteiger partial charge in [0, 0.05) is 31.5 Å². The van der Waals surface area contributed by atoms with Gasteiger partial charge in [-0.1, -0.05) is 6.07 Å². The van der Waals surface area contributed by atoms with E-state index in [0.717, 1.165) is 5.82 Å². The molecule has 0 aliphatic heterocycles. The number of aromatic nitrogens is 2. The van der Waals surface area contributed by atoms with Crippen molar-refractivity contribution >= 4 is 0 Å². The molecule has 19 heavy (non-hydrogen) atoms. The Morgan fingerprint density at radius 1 is 1.26 bits per heavy atom. The van der Waals surface area contributed by atoms with Gasteiger partial charge in [0.25, 0.3) is 0 Å². The van der Waals surface area contributed by atoms with Crippen LogP contribution in [0.1, 0.15) is 17.0 Å². The summed E-state index contributed by atoms with van der Waals surface area (Å²) in [5.74, 6) is -0.113. The van der Waals surface area contributed by atoms with Gasteiger partial charge in [-0.3, -0.25) is 4.90 Å². The van der Waals surface area contributed by atoms with Gasteiger partial charge < -0.3 is 4.57 Å². The normalized spacial score (nSPS) is 11.3. The molecule has 0 N–H and O–H groups in total. The number of halogens is 2. The number of rotatable bonds is 4. The minimum atomic E-state index is -0.505. The number of hydrogen-bond donors (Lipinski definition) is 0. The van der Waals surface area contributed by atoms with Crippen LogP contribution in [0, 0.1) is 18.6 Å². The third kappa shape index (κ3) is 2.98. The Morgan fingerprint density at radius 3 is 2.63 bits per heavy atom. The van der Waals surface area contributed by atoms with Crippen molar-refractivity contribution in [2.75, 3.05) is 7.05 Å². The molecular weight excluding hydrogens is 248 g/mol. The summed E-state index contributed by atoms with van der Waals surface area (Å²) in [6.45, 7) is 2.39. The Balaban J connectivity index is 2.13. The number of benzene rings is 1. The highest BCUT2D eigenvalue weighted by molar-refractivity contribution is 5.26. The second kappa shape index (κ2) is 5.48. The van der Waals surface area contributed by atoms with Crippen LogP contribution in [0.25, 0.3) is 0 Å². The Kier molecular flexibility index (Phi) is 3.95. The quantitative estimate of drug-likeness (QED) is 0.847.